The molecule has 0 radical (unpaired) electrons. The molecular weight excluding hydrogens is 176 g/mol. The molecule has 3 nitrogen and oxygen atoms in total. The molecule has 70 valence electrons. The fraction of sp³-hybridized carbons (Fsp3) is 0.750. The summed E-state index contributed by atoms with van der Waals surface area (Å²) in [7, 11) is 0. The zero-order chi connectivity index (χ0) is 9.56. The Labute approximate surface area is 77.6 Å². The molecular formula is C8H12O3S-2. The normalized spacial score (nSPS) is 12.4. The van der Waals surface area contributed by atoms with E-state index in [-0.39, 0.29) is 6.42 Å². The van der Waals surface area contributed by atoms with Crippen molar-refractivity contribution in [3.05, 3.63) is 0 Å². The average molecular weight is 188 g/mol. The molecule has 1 unspecified atom stereocenters. The number of carboxylic acids is 1. The number of carbonyl (C=O) groups is 2. The van der Waals surface area contributed by atoms with Gasteiger partial charge in [-0.2, -0.15) is 0 Å². The average Bonchev–Trinajstić information content (AvgIpc) is 1.96. The summed E-state index contributed by atoms with van der Waals surface area (Å²) in [5.41, 5.74) is 0. The predicted molar refractivity (Wildman–Crippen MR) is 45.0 cm³/mol. The van der Waals surface area contributed by atoms with E-state index in [0.29, 0.717) is 6.42 Å². The molecule has 0 N–H and O–H groups in total. The van der Waals surface area contributed by atoms with Crippen LogP contribution in [0.15, 0.2) is 0 Å². The molecule has 0 rings (SSSR count). The van der Waals surface area contributed by atoms with Gasteiger partial charge in [0.25, 0.3) is 0 Å². The second-order valence-corrected chi connectivity index (χ2v) is 3.19. The van der Waals surface area contributed by atoms with Crippen molar-refractivity contribution in [2.45, 2.75) is 32.6 Å². The lowest BCUT2D eigenvalue weighted by Gasteiger charge is -2.18. The van der Waals surface area contributed by atoms with Gasteiger partial charge in [0, 0.05) is 17.0 Å². The lowest BCUT2D eigenvalue weighted by molar-refractivity contribution is -0.311. The lowest BCUT2D eigenvalue weighted by Crippen LogP contribution is -2.32. The van der Waals surface area contributed by atoms with Crippen LogP contribution in [0.5, 0.6) is 0 Å². The van der Waals surface area contributed by atoms with Crippen molar-refractivity contribution in [1.29, 1.82) is 0 Å². The van der Waals surface area contributed by atoms with E-state index < -0.39 is 17.0 Å². The fourth-order valence-corrected chi connectivity index (χ4v) is 1.16. The Morgan fingerprint density at radius 3 is 2.42 bits per heavy atom. The third kappa shape index (κ3) is 5.07. The van der Waals surface area contributed by atoms with Crippen molar-refractivity contribution < 1.29 is 14.7 Å². The molecule has 0 fully saturated rings. The van der Waals surface area contributed by atoms with Crippen LogP contribution in [0.3, 0.4) is 0 Å². The van der Waals surface area contributed by atoms with Gasteiger partial charge < -0.3 is 27.3 Å². The Morgan fingerprint density at radius 1 is 1.50 bits per heavy atom. The Bertz CT molecular complexity index is 168. The first-order chi connectivity index (χ1) is 5.57. The Hall–Kier alpha value is -0.640. The Morgan fingerprint density at radius 2 is 2.08 bits per heavy atom. The molecule has 0 aliphatic heterocycles. The molecule has 12 heavy (non-hydrogen) atoms. The molecule has 0 amide bonds. The highest BCUT2D eigenvalue weighted by Gasteiger charge is 2.08. The summed E-state index contributed by atoms with van der Waals surface area (Å²) in [4.78, 5) is 20.9. The zero-order valence-corrected chi connectivity index (χ0v) is 7.86. The molecule has 0 aliphatic rings. The van der Waals surface area contributed by atoms with Gasteiger partial charge in [-0.3, -0.25) is 0 Å². The van der Waals surface area contributed by atoms with Gasteiger partial charge in [-0.1, -0.05) is 19.8 Å². The van der Waals surface area contributed by atoms with Gasteiger partial charge in [0.1, 0.15) is 0 Å². The first-order valence-electron chi connectivity index (χ1n) is 3.98. The highest BCUT2D eigenvalue weighted by Crippen LogP contribution is 2.11. The molecule has 0 aromatic heterocycles. The van der Waals surface area contributed by atoms with Gasteiger partial charge in [-0.15, -0.1) is 0 Å². The Kier molecular flexibility index (Phi) is 5.62. The number of hydrogen-bond acceptors (Lipinski definition) is 4. The van der Waals surface area contributed by atoms with Gasteiger partial charge in [-0.25, -0.2) is 0 Å². The second kappa shape index (κ2) is 5.94. The maximum Gasteiger partial charge on any atom is 0.0449 e. The summed E-state index contributed by atoms with van der Waals surface area (Å²) >= 11 is 4.29. The Balaban J connectivity index is 3.87. The van der Waals surface area contributed by atoms with Gasteiger partial charge in [0.05, 0.1) is 0 Å². The first kappa shape index (κ1) is 11.4. The van der Waals surface area contributed by atoms with Crippen LogP contribution in [-0.2, 0) is 22.2 Å². The molecule has 0 spiro atoms. The van der Waals surface area contributed by atoms with Crippen LogP contribution >= 0.6 is 0 Å². The molecule has 0 aliphatic carbocycles. The molecule has 0 aromatic rings. The SMILES string of the molecule is CCCCC(CC(=O)[S-])C(=O)[O-]. The van der Waals surface area contributed by atoms with E-state index in [4.69, 9.17) is 0 Å². The minimum atomic E-state index is -1.17. The summed E-state index contributed by atoms with van der Waals surface area (Å²) in [5.74, 6) is -1.85. The van der Waals surface area contributed by atoms with Gasteiger partial charge in [0.2, 0.25) is 0 Å². The molecule has 0 bridgehead atoms. The third-order valence-corrected chi connectivity index (χ3v) is 1.82. The van der Waals surface area contributed by atoms with Gasteiger partial charge in [-0.05, 0) is 12.8 Å². The molecule has 0 heterocycles. The van der Waals surface area contributed by atoms with Crippen LogP contribution in [0.25, 0.3) is 0 Å². The minimum absolute atomic E-state index is 0.0718. The van der Waals surface area contributed by atoms with Crippen LogP contribution < -0.4 is 5.11 Å². The third-order valence-electron chi connectivity index (χ3n) is 1.65. The van der Waals surface area contributed by atoms with Crippen LogP contribution in [0, 0.1) is 5.92 Å². The number of rotatable bonds is 6. The quantitative estimate of drug-likeness (QED) is 0.551. The standard InChI is InChI=1S/C8H14O3S/c1-2-3-4-6(8(10)11)5-7(9)12/h6H,2-5H2,1H3,(H,9,12)(H,10,11)/p-2. The largest absolute Gasteiger partial charge is 0.742 e. The summed E-state index contributed by atoms with van der Waals surface area (Å²) in [6, 6.07) is 0. The van der Waals surface area contributed by atoms with E-state index in [2.05, 4.69) is 12.6 Å². The predicted octanol–water partition coefficient (Wildman–Crippen LogP) is 0.00630. The van der Waals surface area contributed by atoms with E-state index in [0.717, 1.165) is 12.8 Å². The van der Waals surface area contributed by atoms with Crippen molar-refractivity contribution >= 4 is 23.7 Å². The summed E-state index contributed by atoms with van der Waals surface area (Å²) in [5, 5.41) is 9.93. The van der Waals surface area contributed by atoms with E-state index in [1.54, 1.807) is 0 Å². The van der Waals surface area contributed by atoms with Crippen molar-refractivity contribution in [2.75, 3.05) is 0 Å². The monoisotopic (exact) mass is 188 g/mol. The highest BCUT2D eigenvalue weighted by molar-refractivity contribution is 7.77. The maximum atomic E-state index is 10.4. The summed E-state index contributed by atoms with van der Waals surface area (Å²) in [6.07, 6.45) is 2.12. The summed E-state index contributed by atoms with van der Waals surface area (Å²) in [6.45, 7) is 1.96. The molecule has 0 saturated heterocycles. The number of carbonyl (C=O) groups excluding carboxylic acids is 2. The fourth-order valence-electron chi connectivity index (χ4n) is 0.955. The number of hydrogen-bond donors (Lipinski definition) is 0. The topological polar surface area (TPSA) is 57.2 Å². The second-order valence-electron chi connectivity index (χ2n) is 2.73. The van der Waals surface area contributed by atoms with E-state index in [1.165, 1.54) is 0 Å². The number of carboxylic acid groups (broad SMARTS) is 1. The first-order valence-corrected chi connectivity index (χ1v) is 4.39. The van der Waals surface area contributed by atoms with Crippen LogP contribution in [-0.4, -0.2) is 11.1 Å². The molecule has 0 aromatic carbocycles. The van der Waals surface area contributed by atoms with Crippen LogP contribution in [0.2, 0.25) is 0 Å². The minimum Gasteiger partial charge on any atom is -0.742 e. The zero-order valence-electron chi connectivity index (χ0n) is 7.04. The van der Waals surface area contributed by atoms with E-state index in [9.17, 15) is 14.7 Å². The van der Waals surface area contributed by atoms with Crippen molar-refractivity contribution in [1.82, 2.24) is 0 Å². The summed E-state index contributed by atoms with van der Waals surface area (Å²) < 4.78 is 0. The molecule has 4 heteroatoms. The van der Waals surface area contributed by atoms with Gasteiger partial charge in [0.15, 0.2) is 0 Å². The van der Waals surface area contributed by atoms with Crippen molar-refractivity contribution in [2.24, 2.45) is 5.92 Å². The van der Waals surface area contributed by atoms with Crippen LogP contribution in [0.4, 0.5) is 0 Å². The van der Waals surface area contributed by atoms with Crippen molar-refractivity contribution in [3.8, 4) is 0 Å². The lowest BCUT2D eigenvalue weighted by atomic mass is 9.99. The van der Waals surface area contributed by atoms with Crippen molar-refractivity contribution in [3.63, 3.8) is 0 Å². The molecule has 1 atom stereocenters. The molecule has 0 saturated carbocycles. The number of aliphatic carboxylic acids is 1. The number of unbranched alkanes of at least 4 members (excludes halogenated alkanes) is 1. The smallest absolute Gasteiger partial charge is 0.0449 e. The maximum absolute atomic E-state index is 10.4. The van der Waals surface area contributed by atoms with Gasteiger partial charge >= 0.3 is 0 Å². The van der Waals surface area contributed by atoms with E-state index in [1.807, 2.05) is 6.92 Å². The van der Waals surface area contributed by atoms with Crippen LogP contribution in [0.1, 0.15) is 32.6 Å². The highest BCUT2D eigenvalue weighted by atomic mass is 32.1. The van der Waals surface area contributed by atoms with E-state index >= 15 is 0 Å².